The van der Waals surface area contributed by atoms with Crippen molar-refractivity contribution in [3.63, 3.8) is 0 Å². The van der Waals surface area contributed by atoms with Crippen LogP contribution < -0.4 is 15.0 Å². The number of nitrogens with one attached hydrogen (secondary N) is 1. The molecule has 0 saturated heterocycles. The van der Waals surface area contributed by atoms with Crippen LogP contribution in [-0.4, -0.2) is 29.1 Å². The van der Waals surface area contributed by atoms with Crippen LogP contribution in [0.2, 0.25) is 0 Å². The van der Waals surface area contributed by atoms with Crippen molar-refractivity contribution in [3.8, 4) is 5.75 Å². The number of amides is 1. The van der Waals surface area contributed by atoms with Crippen LogP contribution in [-0.2, 0) is 20.7 Å². The lowest BCUT2D eigenvalue weighted by molar-refractivity contribution is -0.384. The summed E-state index contributed by atoms with van der Waals surface area (Å²) in [6.07, 6.45) is -6.19. The molecule has 0 fully saturated rings. The van der Waals surface area contributed by atoms with Gasteiger partial charge >= 0.3 is 18.1 Å². The van der Waals surface area contributed by atoms with Gasteiger partial charge in [-0.05, 0) is 55.2 Å². The molecule has 1 amide bonds. The topological polar surface area (TPSA) is 111 Å². The monoisotopic (exact) mass is 573 g/mol. The number of esters is 1. The Morgan fingerprint density at radius 2 is 1.85 bits per heavy atom. The van der Waals surface area contributed by atoms with Crippen molar-refractivity contribution < 1.29 is 41.5 Å². The molecule has 0 spiro atoms. The summed E-state index contributed by atoms with van der Waals surface area (Å²) in [5.74, 6) is -3.16. The minimum atomic E-state index is -5.20. The zero-order valence-electron chi connectivity index (χ0n) is 21.7. The summed E-state index contributed by atoms with van der Waals surface area (Å²) < 4.78 is 66.6. The molecule has 2 unspecified atom stereocenters. The lowest BCUT2D eigenvalue weighted by atomic mass is 10.0. The first kappa shape index (κ1) is 27.9. The van der Waals surface area contributed by atoms with Crippen molar-refractivity contribution in [1.82, 2.24) is 0 Å². The number of nitrogens with zero attached hydrogens (tertiary/aromatic N) is 2. The second-order valence-corrected chi connectivity index (χ2v) is 9.72. The smallest absolute Gasteiger partial charge is 0.471 e. The fraction of sp³-hybridized carbons (Fsp3) is 0.286. The number of carbonyl (C=O) groups is 2. The molecule has 1 heterocycles. The SMILES string of the molecule is CC(=O)O[C@H]1c2ccc(N(C(=O)C(F)(F)F)C3CCc4c(Nc5cc(F)ccc5[N+](=O)[O-])cccc43)cc2OC1C. The van der Waals surface area contributed by atoms with E-state index in [1.807, 2.05) is 0 Å². The van der Waals surface area contributed by atoms with Crippen molar-refractivity contribution in [2.45, 2.75) is 51.1 Å². The number of halogens is 4. The molecule has 0 radical (unpaired) electrons. The highest BCUT2D eigenvalue weighted by molar-refractivity contribution is 5.98. The fourth-order valence-electron chi connectivity index (χ4n) is 5.37. The van der Waals surface area contributed by atoms with Gasteiger partial charge in [0.15, 0.2) is 6.10 Å². The summed E-state index contributed by atoms with van der Waals surface area (Å²) in [5.41, 5.74) is 1.17. The molecular weight excluding hydrogens is 550 g/mol. The number of rotatable bonds is 6. The summed E-state index contributed by atoms with van der Waals surface area (Å²) in [4.78, 5) is 35.8. The van der Waals surface area contributed by atoms with E-state index in [0.717, 1.165) is 18.2 Å². The molecule has 214 valence electrons. The first-order chi connectivity index (χ1) is 19.3. The normalized spacial score (nSPS) is 19.1. The third-order valence-electron chi connectivity index (χ3n) is 7.05. The molecule has 0 saturated carbocycles. The van der Waals surface area contributed by atoms with Crippen molar-refractivity contribution in [2.24, 2.45) is 0 Å². The van der Waals surface area contributed by atoms with Crippen LogP contribution >= 0.6 is 0 Å². The van der Waals surface area contributed by atoms with Gasteiger partial charge in [-0.15, -0.1) is 0 Å². The predicted octanol–water partition coefficient (Wildman–Crippen LogP) is 6.45. The van der Waals surface area contributed by atoms with Gasteiger partial charge in [0.2, 0.25) is 0 Å². The number of hydrogen-bond donors (Lipinski definition) is 1. The number of carbonyl (C=O) groups excluding carboxylic acids is 2. The number of anilines is 3. The van der Waals surface area contributed by atoms with Gasteiger partial charge in [0.25, 0.3) is 5.69 Å². The molecule has 5 rings (SSSR count). The lowest BCUT2D eigenvalue weighted by Crippen LogP contribution is -2.43. The molecule has 9 nitrogen and oxygen atoms in total. The Bertz CT molecular complexity index is 1560. The van der Waals surface area contributed by atoms with Gasteiger partial charge in [-0.3, -0.25) is 24.6 Å². The van der Waals surface area contributed by atoms with Gasteiger partial charge in [0.1, 0.15) is 23.4 Å². The van der Waals surface area contributed by atoms with Crippen molar-refractivity contribution in [1.29, 1.82) is 0 Å². The maximum Gasteiger partial charge on any atom is 0.471 e. The second-order valence-electron chi connectivity index (χ2n) is 9.72. The molecule has 3 aromatic rings. The zero-order chi connectivity index (χ0) is 29.6. The van der Waals surface area contributed by atoms with E-state index in [-0.39, 0.29) is 35.7 Å². The number of fused-ring (bicyclic) bond motifs is 2. The quantitative estimate of drug-likeness (QED) is 0.156. The summed E-state index contributed by atoms with van der Waals surface area (Å²) in [6, 6.07) is 10.7. The minimum Gasteiger partial charge on any atom is -0.486 e. The van der Waals surface area contributed by atoms with E-state index in [2.05, 4.69) is 5.32 Å². The van der Waals surface area contributed by atoms with E-state index in [4.69, 9.17) is 9.47 Å². The minimum absolute atomic E-state index is 0.0706. The average Bonchev–Trinajstić information content (AvgIpc) is 3.44. The van der Waals surface area contributed by atoms with Crippen molar-refractivity contribution in [3.05, 3.63) is 87.2 Å². The molecule has 41 heavy (non-hydrogen) atoms. The van der Waals surface area contributed by atoms with E-state index in [0.29, 0.717) is 27.3 Å². The molecule has 3 atom stereocenters. The maximum atomic E-state index is 13.9. The third kappa shape index (κ3) is 5.26. The van der Waals surface area contributed by atoms with Crippen LogP contribution in [0.5, 0.6) is 5.75 Å². The van der Waals surface area contributed by atoms with E-state index < -0.39 is 47.0 Å². The first-order valence-electron chi connectivity index (χ1n) is 12.6. The molecule has 1 aliphatic heterocycles. The van der Waals surface area contributed by atoms with E-state index in [9.17, 15) is 37.3 Å². The standard InChI is InChI=1S/C28H23F4N3O6/c1-14-26(41-15(2)36)20-8-7-17(13-25(20)40-14)34(27(37)28(30,31)32)23-11-9-18-19(23)4-3-5-21(18)33-22-12-16(29)6-10-24(22)35(38)39/h3-8,10,12-14,23,26,33H,9,11H2,1-2H3/t14?,23?,26-/m1/s1. The average molecular weight is 573 g/mol. The maximum absolute atomic E-state index is 13.9. The third-order valence-corrected chi connectivity index (χ3v) is 7.05. The lowest BCUT2D eigenvalue weighted by Gasteiger charge is -2.31. The number of ether oxygens (including phenoxy) is 2. The Labute approximate surface area is 230 Å². The van der Waals surface area contributed by atoms with Crippen molar-refractivity contribution in [2.75, 3.05) is 10.2 Å². The summed E-state index contributed by atoms with van der Waals surface area (Å²) >= 11 is 0. The fourth-order valence-corrected chi connectivity index (χ4v) is 5.37. The number of nitro benzene ring substituents is 1. The molecule has 2 aliphatic rings. The molecule has 0 aromatic heterocycles. The molecule has 3 aromatic carbocycles. The van der Waals surface area contributed by atoms with E-state index in [1.54, 1.807) is 19.1 Å². The molecule has 13 heteroatoms. The van der Waals surface area contributed by atoms with Gasteiger partial charge in [0, 0.05) is 42.1 Å². The van der Waals surface area contributed by atoms with Crippen LogP contribution in [0.3, 0.4) is 0 Å². The molecule has 1 N–H and O–H groups in total. The van der Waals surface area contributed by atoms with E-state index >= 15 is 0 Å². The molecule has 0 bridgehead atoms. The number of alkyl halides is 3. The molecular formula is C28H23F4N3O6. The summed E-state index contributed by atoms with van der Waals surface area (Å²) in [7, 11) is 0. The second kappa shape index (κ2) is 10.4. The Hall–Kier alpha value is -4.68. The highest BCUT2D eigenvalue weighted by Crippen LogP contribution is 2.47. The summed E-state index contributed by atoms with van der Waals surface area (Å²) in [6.45, 7) is 2.88. The van der Waals surface area contributed by atoms with Crippen LogP contribution in [0, 0.1) is 15.9 Å². The first-order valence-corrected chi connectivity index (χ1v) is 12.6. The molecule has 1 aliphatic carbocycles. The number of benzene rings is 3. The highest BCUT2D eigenvalue weighted by atomic mass is 19.4. The van der Waals surface area contributed by atoms with Crippen LogP contribution in [0.15, 0.2) is 54.6 Å². The van der Waals surface area contributed by atoms with Crippen LogP contribution in [0.1, 0.15) is 49.1 Å². The Kier molecular flexibility index (Phi) is 7.05. The Morgan fingerprint density at radius 1 is 1.10 bits per heavy atom. The Morgan fingerprint density at radius 3 is 2.54 bits per heavy atom. The predicted molar refractivity (Wildman–Crippen MR) is 138 cm³/mol. The van der Waals surface area contributed by atoms with Gasteiger partial charge < -0.3 is 14.8 Å². The largest absolute Gasteiger partial charge is 0.486 e. The van der Waals surface area contributed by atoms with E-state index in [1.165, 1.54) is 31.2 Å². The Balaban J connectivity index is 1.54. The summed E-state index contributed by atoms with van der Waals surface area (Å²) in [5, 5.41) is 14.3. The number of hydrogen-bond acceptors (Lipinski definition) is 7. The highest BCUT2D eigenvalue weighted by Gasteiger charge is 2.47. The van der Waals surface area contributed by atoms with Crippen LogP contribution in [0.4, 0.5) is 40.3 Å². The zero-order valence-corrected chi connectivity index (χ0v) is 21.7. The number of nitro groups is 1. The van der Waals surface area contributed by atoms with Crippen molar-refractivity contribution >= 4 is 34.6 Å². The van der Waals surface area contributed by atoms with Gasteiger partial charge in [-0.25, -0.2) is 4.39 Å². The van der Waals surface area contributed by atoms with Crippen LogP contribution in [0.25, 0.3) is 0 Å². The van der Waals surface area contributed by atoms with Gasteiger partial charge in [0.05, 0.1) is 11.0 Å². The van der Waals surface area contributed by atoms with Gasteiger partial charge in [-0.2, -0.15) is 13.2 Å². The van der Waals surface area contributed by atoms with Gasteiger partial charge in [-0.1, -0.05) is 12.1 Å².